The molecule has 0 aliphatic carbocycles. The van der Waals surface area contributed by atoms with E-state index in [9.17, 15) is 22.0 Å². The fraction of sp³-hybridized carbons (Fsp3) is 0.143. The highest BCUT2D eigenvalue weighted by molar-refractivity contribution is 7.92. The largest absolute Gasteiger partial charge is 0.385 e. The van der Waals surface area contributed by atoms with Crippen molar-refractivity contribution in [2.24, 2.45) is 0 Å². The van der Waals surface area contributed by atoms with Gasteiger partial charge in [-0.15, -0.1) is 0 Å². The molecule has 2 N–H and O–H groups in total. The van der Waals surface area contributed by atoms with Crippen LogP contribution >= 0.6 is 0 Å². The number of aromatic nitrogens is 4. The summed E-state index contributed by atoms with van der Waals surface area (Å²) < 4.78 is 76.2. The van der Waals surface area contributed by atoms with Gasteiger partial charge in [0, 0.05) is 67.0 Å². The second kappa shape index (κ2) is 11.5. The molecule has 0 fully saturated rings. The summed E-state index contributed by atoms with van der Waals surface area (Å²) in [4.78, 5) is 28.7. The number of hydrogen-bond acceptors (Lipinski definition) is 7. The first kappa shape index (κ1) is 27.9. The van der Waals surface area contributed by atoms with Crippen LogP contribution in [0, 0.1) is 17.5 Å². The number of nitrogens with one attached hydrogen (secondary N) is 2. The Balaban J connectivity index is 1.47. The van der Waals surface area contributed by atoms with Gasteiger partial charge in [-0.25, -0.2) is 36.5 Å². The zero-order chi connectivity index (χ0) is 29.1. The number of rotatable bonds is 10. The van der Waals surface area contributed by atoms with Crippen molar-refractivity contribution in [1.82, 2.24) is 19.9 Å². The van der Waals surface area contributed by atoms with Gasteiger partial charge in [0.05, 0.1) is 16.1 Å². The van der Waals surface area contributed by atoms with E-state index in [4.69, 9.17) is 4.74 Å². The number of carbonyl (C=O) groups excluding carboxylic acids is 1. The number of methoxy groups -OCH3 is 1. The molecule has 13 heteroatoms. The highest BCUT2D eigenvalue weighted by Gasteiger charge is 2.26. The summed E-state index contributed by atoms with van der Waals surface area (Å²) in [7, 11) is -2.83. The zero-order valence-electron chi connectivity index (χ0n) is 21.5. The van der Waals surface area contributed by atoms with Crippen molar-refractivity contribution in [1.29, 1.82) is 0 Å². The van der Waals surface area contributed by atoms with Gasteiger partial charge in [-0.3, -0.25) is 9.52 Å². The lowest BCUT2D eigenvalue weighted by molar-refractivity contribution is 0.103. The van der Waals surface area contributed by atoms with Gasteiger partial charge < -0.3 is 9.72 Å². The number of hydrogen-bond donors (Lipinski definition) is 2. The SMILES string of the molecule is COCCCc1ncc(-c2cnc3[nH]cc(C(=O)c4c(F)ccc(NS(=O)(=O)c5cccc(F)c5)c4F)c3c2)cn1. The summed E-state index contributed by atoms with van der Waals surface area (Å²) in [6.45, 7) is 0.582. The Morgan fingerprint density at radius 3 is 2.49 bits per heavy atom. The van der Waals surface area contributed by atoms with E-state index in [1.165, 1.54) is 12.3 Å². The van der Waals surface area contributed by atoms with Gasteiger partial charge in [-0.1, -0.05) is 6.07 Å². The minimum atomic E-state index is -4.45. The maximum atomic E-state index is 15.5. The van der Waals surface area contributed by atoms with Gasteiger partial charge in [0.15, 0.2) is 5.82 Å². The van der Waals surface area contributed by atoms with E-state index < -0.39 is 49.4 Å². The van der Waals surface area contributed by atoms with Crippen molar-refractivity contribution < 1.29 is 31.1 Å². The zero-order valence-corrected chi connectivity index (χ0v) is 22.3. The maximum absolute atomic E-state index is 15.5. The number of ketones is 1. The fourth-order valence-corrected chi connectivity index (χ4v) is 5.26. The van der Waals surface area contributed by atoms with Crippen LogP contribution in [0.25, 0.3) is 22.2 Å². The Kier molecular flexibility index (Phi) is 7.81. The number of pyridine rings is 1. The Bertz CT molecular complexity index is 1860. The van der Waals surface area contributed by atoms with Crippen LogP contribution in [0.1, 0.15) is 28.2 Å². The molecule has 0 radical (unpaired) electrons. The third-order valence-electron chi connectivity index (χ3n) is 6.23. The van der Waals surface area contributed by atoms with Gasteiger partial charge in [-0.05, 0) is 42.8 Å². The number of sulfonamides is 1. The Hall–Kier alpha value is -4.62. The third-order valence-corrected chi connectivity index (χ3v) is 7.60. The van der Waals surface area contributed by atoms with Crippen molar-refractivity contribution in [2.45, 2.75) is 17.7 Å². The van der Waals surface area contributed by atoms with Crippen LogP contribution in [-0.4, -0.2) is 47.9 Å². The summed E-state index contributed by atoms with van der Waals surface area (Å²) in [5.41, 5.74) is -0.278. The first-order valence-corrected chi connectivity index (χ1v) is 13.7. The average molecular weight is 582 g/mol. The minimum absolute atomic E-state index is 0.0885. The van der Waals surface area contributed by atoms with Crippen LogP contribution in [0.3, 0.4) is 0 Å². The molecule has 3 aromatic heterocycles. The first-order chi connectivity index (χ1) is 19.7. The topological polar surface area (TPSA) is 127 Å². The highest BCUT2D eigenvalue weighted by Crippen LogP contribution is 2.30. The molecule has 0 bridgehead atoms. The van der Waals surface area contributed by atoms with Crippen molar-refractivity contribution in [3.05, 3.63) is 102 Å². The lowest BCUT2D eigenvalue weighted by Gasteiger charge is -2.12. The number of carbonyl (C=O) groups is 1. The molecule has 0 amide bonds. The molecule has 0 unspecified atom stereocenters. The normalized spacial score (nSPS) is 11.6. The van der Waals surface area contributed by atoms with Crippen molar-refractivity contribution in [3.63, 3.8) is 0 Å². The fourth-order valence-electron chi connectivity index (χ4n) is 4.17. The minimum Gasteiger partial charge on any atom is -0.385 e. The van der Waals surface area contributed by atoms with Gasteiger partial charge in [0.1, 0.15) is 23.1 Å². The van der Waals surface area contributed by atoms with Crippen LogP contribution in [-0.2, 0) is 21.2 Å². The summed E-state index contributed by atoms with van der Waals surface area (Å²) in [6, 6.07) is 7.28. The lowest BCUT2D eigenvalue weighted by atomic mass is 10.0. The molecule has 5 aromatic rings. The molecule has 0 saturated carbocycles. The van der Waals surface area contributed by atoms with E-state index >= 15 is 4.39 Å². The molecule has 0 saturated heterocycles. The Morgan fingerprint density at radius 2 is 1.76 bits per heavy atom. The molecule has 0 spiro atoms. The molecule has 0 aliphatic rings. The second-order valence-corrected chi connectivity index (χ2v) is 10.7. The van der Waals surface area contributed by atoms with Crippen LogP contribution in [0.4, 0.5) is 18.9 Å². The molecular weight excluding hydrogens is 559 g/mol. The standard InChI is InChI=1S/C28H22F3N5O4S/c1-40-9-3-6-24-32-13-17(14-33-24)16-10-20-21(15-35-28(20)34-12-16)27(37)25-22(30)7-8-23(26(25)31)36-41(38,39)19-5-2-4-18(29)11-19/h2,4-5,7-8,10-15,36H,3,6,9H2,1H3,(H,34,35). The number of fused-ring (bicyclic) bond motifs is 1. The summed E-state index contributed by atoms with van der Waals surface area (Å²) in [5.74, 6) is -3.85. The molecule has 210 valence electrons. The van der Waals surface area contributed by atoms with Gasteiger partial charge >= 0.3 is 0 Å². The molecule has 3 heterocycles. The van der Waals surface area contributed by atoms with Crippen LogP contribution in [0.2, 0.25) is 0 Å². The van der Waals surface area contributed by atoms with E-state index in [0.717, 1.165) is 36.8 Å². The second-order valence-electron chi connectivity index (χ2n) is 8.98. The number of anilines is 1. The Morgan fingerprint density at radius 1 is 1.00 bits per heavy atom. The molecule has 5 rings (SSSR count). The van der Waals surface area contributed by atoms with Gasteiger partial charge in [-0.2, -0.15) is 0 Å². The van der Waals surface area contributed by atoms with E-state index in [0.29, 0.717) is 30.0 Å². The number of aromatic amines is 1. The predicted octanol–water partition coefficient (Wildman–Crippen LogP) is 5.05. The number of H-pyrrole nitrogens is 1. The average Bonchev–Trinajstić information content (AvgIpc) is 3.38. The lowest BCUT2D eigenvalue weighted by Crippen LogP contribution is -2.16. The van der Waals surface area contributed by atoms with Crippen molar-refractivity contribution in [3.8, 4) is 11.1 Å². The number of aryl methyl sites for hydroxylation is 1. The van der Waals surface area contributed by atoms with E-state index in [-0.39, 0.29) is 16.6 Å². The molecular formula is C28H22F3N5O4S. The molecule has 0 aliphatic heterocycles. The quantitative estimate of drug-likeness (QED) is 0.175. The number of halogens is 3. The summed E-state index contributed by atoms with van der Waals surface area (Å²) >= 11 is 0. The number of ether oxygens (including phenoxy) is 1. The van der Waals surface area contributed by atoms with Crippen LogP contribution in [0.5, 0.6) is 0 Å². The first-order valence-electron chi connectivity index (χ1n) is 12.3. The number of benzene rings is 2. The highest BCUT2D eigenvalue weighted by atomic mass is 32.2. The smallest absolute Gasteiger partial charge is 0.262 e. The van der Waals surface area contributed by atoms with E-state index in [1.807, 2.05) is 4.72 Å². The van der Waals surface area contributed by atoms with Gasteiger partial charge in [0.2, 0.25) is 5.78 Å². The third kappa shape index (κ3) is 5.81. The molecule has 41 heavy (non-hydrogen) atoms. The molecule has 0 atom stereocenters. The molecule has 9 nitrogen and oxygen atoms in total. The van der Waals surface area contributed by atoms with Gasteiger partial charge in [0.25, 0.3) is 10.0 Å². The molecule has 2 aromatic carbocycles. The Labute approximate surface area is 232 Å². The maximum Gasteiger partial charge on any atom is 0.262 e. The predicted molar refractivity (Wildman–Crippen MR) is 144 cm³/mol. The van der Waals surface area contributed by atoms with Crippen LogP contribution < -0.4 is 4.72 Å². The van der Waals surface area contributed by atoms with Crippen LogP contribution in [0.15, 0.2) is 72.1 Å². The van der Waals surface area contributed by atoms with Crippen molar-refractivity contribution >= 4 is 32.5 Å². The number of nitrogens with zero attached hydrogens (tertiary/aromatic N) is 3. The van der Waals surface area contributed by atoms with E-state index in [2.05, 4.69) is 19.9 Å². The van der Waals surface area contributed by atoms with E-state index in [1.54, 1.807) is 31.8 Å². The summed E-state index contributed by atoms with van der Waals surface area (Å²) in [5, 5.41) is 0.279. The monoisotopic (exact) mass is 581 g/mol. The summed E-state index contributed by atoms with van der Waals surface area (Å²) in [6.07, 6.45) is 7.43. The van der Waals surface area contributed by atoms with Crippen molar-refractivity contribution in [2.75, 3.05) is 18.4 Å².